The number of alkyl halides is 8. The molecule has 4 fully saturated rings. The summed E-state index contributed by atoms with van der Waals surface area (Å²) in [5.74, 6) is -23.8. The summed E-state index contributed by atoms with van der Waals surface area (Å²) in [5.41, 5.74) is 0. The molecule has 0 bridgehead atoms. The molecule has 28 heavy (non-hydrogen) atoms. The van der Waals surface area contributed by atoms with Crippen LogP contribution in [0.3, 0.4) is 0 Å². The van der Waals surface area contributed by atoms with E-state index in [0.29, 0.717) is 0 Å². The molecule has 0 atom stereocenters. The fourth-order valence-electron chi connectivity index (χ4n) is 5.88. The fraction of sp³-hybridized carbons (Fsp3) is 0.857. The van der Waals surface area contributed by atoms with Gasteiger partial charge in [0.1, 0.15) is 0 Å². The molecule has 1 spiro atoms. The van der Waals surface area contributed by atoms with Crippen molar-refractivity contribution in [3.05, 3.63) is 10.3 Å². The van der Waals surface area contributed by atoms with Gasteiger partial charge in [0, 0.05) is 0 Å². The summed E-state index contributed by atoms with van der Waals surface area (Å²) in [6, 6.07) is 0. The van der Waals surface area contributed by atoms with E-state index in [4.69, 9.17) is 11.6 Å². The van der Waals surface area contributed by atoms with E-state index < -0.39 is 41.2 Å². The molecule has 0 unspecified atom stereocenters. The van der Waals surface area contributed by atoms with Crippen LogP contribution < -0.4 is 0 Å². The summed E-state index contributed by atoms with van der Waals surface area (Å²) < 4.78 is 122. The average molecular weight is 459 g/mol. The van der Waals surface area contributed by atoms with Crippen molar-refractivity contribution in [3.63, 3.8) is 0 Å². The van der Waals surface area contributed by atoms with Crippen LogP contribution in [0, 0.1) is 0 Å². The number of hydrogen-bond donors (Lipinski definition) is 0. The minimum absolute atomic E-state index is 0.197. The molecule has 0 radical (unpaired) electrons. The molecular weight excluding hydrogens is 443 g/mol. The van der Waals surface area contributed by atoms with Crippen LogP contribution in [0.5, 0.6) is 0 Å². The van der Waals surface area contributed by atoms with Crippen molar-refractivity contribution in [3.8, 4) is 0 Å². The van der Waals surface area contributed by atoms with Gasteiger partial charge in [0.2, 0.25) is 0 Å². The van der Waals surface area contributed by atoms with Crippen LogP contribution in [0.25, 0.3) is 0 Å². The molecule has 0 aromatic rings. The Balaban J connectivity index is 1.93. The zero-order chi connectivity index (χ0) is 20.6. The zero-order valence-electron chi connectivity index (χ0n) is 14.3. The predicted octanol–water partition coefficient (Wildman–Crippen LogP) is 3.47. The van der Waals surface area contributed by atoms with E-state index in [9.17, 15) is 26.3 Å². The van der Waals surface area contributed by atoms with Gasteiger partial charge in [-0.2, -0.15) is 0 Å². The first-order valence-corrected chi connectivity index (χ1v) is 11.2. The van der Waals surface area contributed by atoms with Crippen molar-refractivity contribution in [2.24, 2.45) is 0 Å². The second kappa shape index (κ2) is 4.96. The molecular formula is C14H16ClF8N4P. The Bertz CT molecular complexity index is 729. The summed E-state index contributed by atoms with van der Waals surface area (Å²) in [6.45, 7) is 1.57. The van der Waals surface area contributed by atoms with Gasteiger partial charge in [-0.25, -0.2) is 0 Å². The van der Waals surface area contributed by atoms with Gasteiger partial charge in [-0.3, -0.25) is 0 Å². The Morgan fingerprint density at radius 3 is 1.18 bits per heavy atom. The number of hydrogen-bond acceptors (Lipinski definition) is 4. The maximum absolute atomic E-state index is 15.2. The molecule has 0 saturated carbocycles. The van der Waals surface area contributed by atoms with Gasteiger partial charge < -0.3 is 0 Å². The average Bonchev–Trinajstić information content (AvgIpc) is 3.22. The maximum atomic E-state index is 15.2. The summed E-state index contributed by atoms with van der Waals surface area (Å²) >= 11 is 5.59. The van der Waals surface area contributed by atoms with Crippen LogP contribution in [-0.4, -0.2) is 94.7 Å². The van der Waals surface area contributed by atoms with Gasteiger partial charge in [0.25, 0.3) is 0 Å². The Labute approximate surface area is 159 Å². The third kappa shape index (κ3) is 1.49. The van der Waals surface area contributed by atoms with Crippen LogP contribution in [-0.2, 0) is 0 Å². The summed E-state index contributed by atoms with van der Waals surface area (Å²) in [5, 5.41) is -3.82. The molecule has 5 rings (SSSR count). The van der Waals surface area contributed by atoms with Crippen LogP contribution in [0.1, 0.15) is 0 Å². The first kappa shape index (κ1) is 19.7. The SMILES string of the molecule is FC1(F)C(Cl)=C(P234N5CCN2CCN3CCN4CC5)C(F)(F)C(F)(F)C1(F)F. The van der Waals surface area contributed by atoms with Crippen molar-refractivity contribution in [1.29, 1.82) is 0 Å². The molecule has 0 aromatic carbocycles. The van der Waals surface area contributed by atoms with Gasteiger partial charge in [0.15, 0.2) is 0 Å². The second-order valence-corrected chi connectivity index (χ2v) is 12.7. The molecule has 4 nitrogen and oxygen atoms in total. The minimum atomic E-state index is -6.32. The number of allylic oxidation sites excluding steroid dienone is 2. The summed E-state index contributed by atoms with van der Waals surface area (Å²) in [4.78, 5) is 0. The quantitative estimate of drug-likeness (QED) is 0.441. The van der Waals surface area contributed by atoms with Crippen molar-refractivity contribution in [2.45, 2.75) is 23.7 Å². The first-order valence-electron chi connectivity index (χ1n) is 8.75. The molecule has 4 heterocycles. The predicted molar refractivity (Wildman–Crippen MR) is 85.9 cm³/mol. The molecule has 5 aliphatic rings. The van der Waals surface area contributed by atoms with E-state index in [1.807, 2.05) is 0 Å². The number of halogens is 9. The van der Waals surface area contributed by atoms with Crippen LogP contribution in [0.4, 0.5) is 35.1 Å². The monoisotopic (exact) mass is 458 g/mol. The Kier molecular flexibility index (Phi) is 3.49. The van der Waals surface area contributed by atoms with E-state index in [1.54, 1.807) is 0 Å². The van der Waals surface area contributed by atoms with Crippen molar-refractivity contribution < 1.29 is 35.1 Å². The Morgan fingerprint density at radius 2 is 0.857 bits per heavy atom. The molecule has 4 saturated heterocycles. The standard InChI is InChI=1S/C14H16ClF8N4P/c15-9-10(12(18,19)14(22,23)13(20,21)11(9,16)17)28-24-1-2-25(28)5-6-27(28)8-7-26(28)4-3-24/h1-8H2. The summed E-state index contributed by atoms with van der Waals surface area (Å²) in [6.07, 6.45) is 0. The van der Waals surface area contributed by atoms with Crippen LogP contribution >= 0.6 is 18.8 Å². The molecule has 0 N–H and O–H groups in total. The van der Waals surface area contributed by atoms with Gasteiger partial charge >= 0.3 is 159 Å². The molecule has 160 valence electrons. The zero-order valence-corrected chi connectivity index (χ0v) is 15.9. The molecule has 0 amide bonds. The topological polar surface area (TPSA) is 13.0 Å². The summed E-state index contributed by atoms with van der Waals surface area (Å²) in [7, 11) is -4.73. The van der Waals surface area contributed by atoms with E-state index in [2.05, 4.69) is 0 Å². The Morgan fingerprint density at radius 1 is 0.571 bits per heavy atom. The fourth-order valence-corrected chi connectivity index (χ4v) is 14.6. The van der Waals surface area contributed by atoms with E-state index in [-0.39, 0.29) is 52.4 Å². The van der Waals surface area contributed by atoms with Crippen molar-refractivity contribution >= 4 is 18.8 Å². The number of rotatable bonds is 1. The van der Waals surface area contributed by atoms with Crippen molar-refractivity contribution in [1.82, 2.24) is 18.7 Å². The van der Waals surface area contributed by atoms with Gasteiger partial charge in [0.05, 0.1) is 0 Å². The van der Waals surface area contributed by atoms with Gasteiger partial charge in [-0.1, -0.05) is 0 Å². The Hall–Kier alpha value is -0.260. The van der Waals surface area contributed by atoms with Crippen LogP contribution in [0.15, 0.2) is 10.3 Å². The van der Waals surface area contributed by atoms with Crippen molar-refractivity contribution in [2.75, 3.05) is 52.4 Å². The molecule has 4 aliphatic heterocycles. The molecule has 0 aromatic heterocycles. The van der Waals surface area contributed by atoms with E-state index in [0.717, 1.165) is 0 Å². The van der Waals surface area contributed by atoms with Crippen LogP contribution in [0.2, 0.25) is 0 Å². The molecule has 1 aliphatic carbocycles. The third-order valence-corrected chi connectivity index (χ3v) is 14.5. The van der Waals surface area contributed by atoms with Gasteiger partial charge in [-0.05, 0) is 0 Å². The second-order valence-electron chi connectivity index (χ2n) is 7.71. The number of nitrogens with zero attached hydrogens (tertiary/aromatic N) is 4. The normalized spacial score (nSPS) is 39.0. The molecule has 14 heteroatoms. The third-order valence-electron chi connectivity index (χ3n) is 6.91. The first-order chi connectivity index (χ1) is 12.8. The van der Waals surface area contributed by atoms with Gasteiger partial charge in [-0.15, -0.1) is 0 Å². The van der Waals surface area contributed by atoms with E-state index in [1.165, 1.54) is 18.7 Å². The van der Waals surface area contributed by atoms with E-state index >= 15 is 8.78 Å².